The third-order valence-electron chi connectivity index (χ3n) is 0.621. The van der Waals surface area contributed by atoms with E-state index in [-0.39, 0.29) is 0 Å². The van der Waals surface area contributed by atoms with E-state index in [0.717, 1.165) is 6.54 Å². The second-order valence-electron chi connectivity index (χ2n) is 1.41. The normalized spacial score (nSPS) is 10.2. The first-order chi connectivity index (χ1) is 3.77. The minimum atomic E-state index is 0.570. The quantitative estimate of drug-likeness (QED) is 0.573. The van der Waals surface area contributed by atoms with Crippen LogP contribution >= 0.6 is 11.6 Å². The topological polar surface area (TPSA) is 12.0 Å². The molecule has 0 bridgehead atoms. The van der Waals surface area contributed by atoms with Crippen molar-refractivity contribution in [2.24, 2.45) is 0 Å². The van der Waals surface area contributed by atoms with Crippen molar-refractivity contribution in [2.75, 3.05) is 13.6 Å². The lowest BCUT2D eigenvalue weighted by atomic mass is 10.5. The fourth-order valence-electron chi connectivity index (χ4n) is 0.305. The maximum Gasteiger partial charge on any atom is 0.0331 e. The summed E-state index contributed by atoms with van der Waals surface area (Å²) in [5, 5.41) is 3.51. The molecule has 0 rings (SSSR count). The molecule has 0 radical (unpaired) electrons. The molecule has 8 heavy (non-hydrogen) atoms. The van der Waals surface area contributed by atoms with Crippen LogP contribution in [0.5, 0.6) is 0 Å². The summed E-state index contributed by atoms with van der Waals surface area (Å²) >= 11 is 5.40. The van der Waals surface area contributed by atoms with Crippen LogP contribution in [-0.4, -0.2) is 13.6 Å². The molecule has 0 saturated heterocycles. The van der Waals surface area contributed by atoms with Crippen LogP contribution in [0.2, 0.25) is 0 Å². The van der Waals surface area contributed by atoms with Crippen molar-refractivity contribution in [1.29, 1.82) is 0 Å². The van der Waals surface area contributed by atoms with Crippen LogP contribution in [0.15, 0.2) is 23.8 Å². The van der Waals surface area contributed by atoms with Gasteiger partial charge < -0.3 is 5.32 Å². The zero-order valence-corrected chi connectivity index (χ0v) is 5.70. The zero-order chi connectivity index (χ0) is 6.41. The van der Waals surface area contributed by atoms with Crippen LogP contribution in [0, 0.1) is 0 Å². The number of allylic oxidation sites excluding steroid dienone is 2. The summed E-state index contributed by atoms with van der Waals surface area (Å²) in [6.45, 7) is 4.32. The second-order valence-corrected chi connectivity index (χ2v) is 1.89. The maximum atomic E-state index is 5.40. The van der Waals surface area contributed by atoms with Crippen molar-refractivity contribution < 1.29 is 0 Å². The Bertz CT molecular complexity index is 96.7. The Hall–Kier alpha value is -0.270. The number of rotatable bonds is 3. The van der Waals surface area contributed by atoms with Crippen molar-refractivity contribution in [3.05, 3.63) is 23.8 Å². The summed E-state index contributed by atoms with van der Waals surface area (Å²) in [6.07, 6.45) is 3.67. The smallest absolute Gasteiger partial charge is 0.0331 e. The van der Waals surface area contributed by atoms with Crippen molar-refractivity contribution >= 4 is 11.6 Å². The molecule has 0 aliphatic carbocycles. The first kappa shape index (κ1) is 7.73. The lowest BCUT2D eigenvalue weighted by molar-refractivity contribution is 0.919. The van der Waals surface area contributed by atoms with Crippen LogP contribution in [0.1, 0.15) is 0 Å². The van der Waals surface area contributed by atoms with Crippen molar-refractivity contribution in [2.45, 2.75) is 0 Å². The van der Waals surface area contributed by atoms with Crippen LogP contribution in [0.4, 0.5) is 0 Å². The Morgan fingerprint density at radius 1 is 1.88 bits per heavy atom. The molecule has 2 heteroatoms. The Morgan fingerprint density at radius 3 is 2.88 bits per heavy atom. The molecule has 0 saturated carbocycles. The largest absolute Gasteiger partial charge is 0.316 e. The van der Waals surface area contributed by atoms with E-state index in [1.54, 1.807) is 6.08 Å². The predicted molar refractivity (Wildman–Crippen MR) is 38.1 cm³/mol. The molecule has 46 valence electrons. The van der Waals surface area contributed by atoms with Gasteiger partial charge in [0.2, 0.25) is 0 Å². The van der Waals surface area contributed by atoms with Gasteiger partial charge in [-0.25, -0.2) is 0 Å². The predicted octanol–water partition coefficient (Wildman–Crippen LogP) is 1.51. The van der Waals surface area contributed by atoms with Gasteiger partial charge in [-0.15, -0.1) is 0 Å². The Labute approximate surface area is 55.0 Å². The molecule has 0 spiro atoms. The van der Waals surface area contributed by atoms with Gasteiger partial charge in [0.1, 0.15) is 0 Å². The molecule has 0 amide bonds. The fraction of sp³-hybridized carbons (Fsp3) is 0.333. The van der Waals surface area contributed by atoms with Gasteiger partial charge in [-0.3, -0.25) is 0 Å². The van der Waals surface area contributed by atoms with Gasteiger partial charge >= 0.3 is 0 Å². The summed E-state index contributed by atoms with van der Waals surface area (Å²) < 4.78 is 0. The Kier molecular flexibility index (Phi) is 4.71. The van der Waals surface area contributed by atoms with E-state index in [1.807, 2.05) is 13.1 Å². The minimum Gasteiger partial charge on any atom is -0.316 e. The van der Waals surface area contributed by atoms with Crippen LogP contribution < -0.4 is 5.32 Å². The molecule has 0 aromatic rings. The van der Waals surface area contributed by atoms with E-state index < -0.39 is 0 Å². The highest BCUT2D eigenvalue weighted by Gasteiger charge is 1.73. The Balaban J connectivity index is 3.20. The van der Waals surface area contributed by atoms with Gasteiger partial charge in [0, 0.05) is 11.6 Å². The van der Waals surface area contributed by atoms with E-state index in [2.05, 4.69) is 11.9 Å². The highest BCUT2D eigenvalue weighted by atomic mass is 35.5. The van der Waals surface area contributed by atoms with Crippen LogP contribution in [0.25, 0.3) is 0 Å². The molecule has 0 unspecified atom stereocenters. The van der Waals surface area contributed by atoms with E-state index in [9.17, 15) is 0 Å². The Morgan fingerprint density at radius 2 is 2.50 bits per heavy atom. The lowest BCUT2D eigenvalue weighted by Crippen LogP contribution is -2.03. The molecule has 0 fully saturated rings. The monoisotopic (exact) mass is 131 g/mol. The fourth-order valence-corrected chi connectivity index (χ4v) is 0.394. The van der Waals surface area contributed by atoms with E-state index in [1.165, 1.54) is 0 Å². The van der Waals surface area contributed by atoms with Crippen molar-refractivity contribution in [1.82, 2.24) is 5.32 Å². The van der Waals surface area contributed by atoms with Gasteiger partial charge in [0.05, 0.1) is 0 Å². The number of nitrogens with one attached hydrogen (secondary N) is 1. The summed E-state index contributed by atoms with van der Waals surface area (Å²) in [7, 11) is 1.88. The minimum absolute atomic E-state index is 0.570. The SMILES string of the molecule is C=C(Cl)/C=C/CNC. The number of likely N-dealkylation sites (N-methyl/N-ethyl adjacent to an activating group) is 1. The molecule has 0 aliphatic heterocycles. The average Bonchev–Trinajstić information content (AvgIpc) is 1.66. The lowest BCUT2D eigenvalue weighted by Gasteiger charge is -1.85. The molecular formula is C6H10ClN. The molecule has 1 nitrogen and oxygen atoms in total. The molecule has 1 N–H and O–H groups in total. The molecule has 0 aliphatic rings. The average molecular weight is 132 g/mol. The highest BCUT2D eigenvalue weighted by molar-refractivity contribution is 6.30. The van der Waals surface area contributed by atoms with Gasteiger partial charge in [0.15, 0.2) is 0 Å². The summed E-state index contributed by atoms with van der Waals surface area (Å²) in [4.78, 5) is 0. The second kappa shape index (κ2) is 4.88. The van der Waals surface area contributed by atoms with Gasteiger partial charge in [0.25, 0.3) is 0 Å². The molecule has 0 aromatic carbocycles. The van der Waals surface area contributed by atoms with Gasteiger partial charge in [-0.2, -0.15) is 0 Å². The molecular weight excluding hydrogens is 122 g/mol. The molecule has 0 aromatic heterocycles. The van der Waals surface area contributed by atoms with Crippen LogP contribution in [0.3, 0.4) is 0 Å². The number of hydrogen-bond donors (Lipinski definition) is 1. The summed E-state index contributed by atoms with van der Waals surface area (Å²) in [6, 6.07) is 0. The van der Waals surface area contributed by atoms with E-state index in [0.29, 0.717) is 5.03 Å². The van der Waals surface area contributed by atoms with Gasteiger partial charge in [-0.05, 0) is 13.1 Å². The van der Waals surface area contributed by atoms with E-state index >= 15 is 0 Å². The summed E-state index contributed by atoms with van der Waals surface area (Å²) in [5.74, 6) is 0. The van der Waals surface area contributed by atoms with Crippen molar-refractivity contribution in [3.8, 4) is 0 Å². The highest BCUT2D eigenvalue weighted by Crippen LogP contribution is 1.95. The number of halogens is 1. The van der Waals surface area contributed by atoms with Crippen LogP contribution in [-0.2, 0) is 0 Å². The number of hydrogen-bond acceptors (Lipinski definition) is 1. The first-order valence-corrected chi connectivity index (χ1v) is 2.80. The first-order valence-electron chi connectivity index (χ1n) is 2.43. The third-order valence-corrected chi connectivity index (χ3v) is 0.747. The van der Waals surface area contributed by atoms with Crippen molar-refractivity contribution in [3.63, 3.8) is 0 Å². The molecule has 0 atom stereocenters. The maximum absolute atomic E-state index is 5.40. The molecule has 0 heterocycles. The van der Waals surface area contributed by atoms with E-state index in [4.69, 9.17) is 11.6 Å². The standard InChI is InChI=1S/C6H10ClN/c1-6(7)4-3-5-8-2/h3-4,8H,1,5H2,2H3/b4-3+. The summed E-state index contributed by atoms with van der Waals surface area (Å²) in [5.41, 5.74) is 0. The zero-order valence-electron chi connectivity index (χ0n) is 4.95. The third kappa shape index (κ3) is 5.73. The van der Waals surface area contributed by atoms with Gasteiger partial charge in [-0.1, -0.05) is 24.3 Å².